The van der Waals surface area contributed by atoms with Crippen LogP contribution in [0, 0.1) is 0 Å². The highest BCUT2D eigenvalue weighted by Gasteiger charge is 2.17. The first-order valence-corrected chi connectivity index (χ1v) is 12.4. The number of hydrogen-bond donors (Lipinski definition) is 0. The Kier molecular flexibility index (Phi) is 11.8. The van der Waals surface area contributed by atoms with E-state index in [1.54, 1.807) is 30.3 Å². The molecule has 0 aliphatic heterocycles. The molecule has 7 nitrogen and oxygen atoms in total. The third kappa shape index (κ3) is 12.4. The van der Waals surface area contributed by atoms with Gasteiger partial charge in [-0.3, -0.25) is 4.79 Å². The molecule has 1 aromatic carbocycles. The first-order chi connectivity index (χ1) is 12.9. The molecule has 1 rings (SSSR count). The van der Waals surface area contributed by atoms with Crippen molar-refractivity contribution in [3.05, 3.63) is 35.9 Å². The van der Waals surface area contributed by atoms with Crippen LogP contribution in [-0.4, -0.2) is 72.9 Å². The van der Waals surface area contributed by atoms with E-state index in [4.69, 9.17) is 23.4 Å². The molecule has 0 amide bonds. The van der Waals surface area contributed by atoms with Gasteiger partial charge in [-0.2, -0.15) is 0 Å². The van der Waals surface area contributed by atoms with Crippen molar-refractivity contribution < 1.29 is 33.0 Å². The highest BCUT2D eigenvalue weighted by molar-refractivity contribution is 6.69. The Hall–Kier alpha value is -1.58. The molecule has 0 radical (unpaired) electrons. The molecule has 0 atom stereocenters. The summed E-state index contributed by atoms with van der Waals surface area (Å²) in [4.78, 5) is 23.4. The van der Waals surface area contributed by atoms with Crippen LogP contribution in [-0.2, 0) is 28.2 Å². The zero-order valence-electron chi connectivity index (χ0n) is 16.4. The van der Waals surface area contributed by atoms with E-state index in [-0.39, 0.29) is 13.2 Å². The van der Waals surface area contributed by atoms with E-state index in [0.717, 1.165) is 0 Å². The van der Waals surface area contributed by atoms with Gasteiger partial charge >= 0.3 is 5.97 Å². The van der Waals surface area contributed by atoms with Gasteiger partial charge in [0.1, 0.15) is 6.61 Å². The molecule has 1 aromatic rings. The number of Topliss-reactive ketones (excluding diaryl/α,β-unsaturated/α-hetero) is 1. The monoisotopic (exact) mass is 398 g/mol. The summed E-state index contributed by atoms with van der Waals surface area (Å²) in [6.45, 7) is 9.62. The predicted molar refractivity (Wildman–Crippen MR) is 103 cm³/mol. The molecule has 0 saturated heterocycles. The molecule has 0 fully saturated rings. The lowest BCUT2D eigenvalue weighted by molar-refractivity contribution is -0.139. The van der Waals surface area contributed by atoms with Gasteiger partial charge < -0.3 is 23.4 Å². The van der Waals surface area contributed by atoms with Crippen molar-refractivity contribution in [1.82, 2.24) is 0 Å². The third-order valence-electron chi connectivity index (χ3n) is 3.19. The van der Waals surface area contributed by atoms with Crippen LogP contribution in [0.2, 0.25) is 19.6 Å². The van der Waals surface area contributed by atoms with E-state index in [1.807, 2.05) is 0 Å². The van der Waals surface area contributed by atoms with Crippen molar-refractivity contribution in [1.29, 1.82) is 0 Å². The van der Waals surface area contributed by atoms with Gasteiger partial charge in [0.15, 0.2) is 8.32 Å². The lowest BCUT2D eigenvalue weighted by Gasteiger charge is -2.16. The molecule has 0 heterocycles. The van der Waals surface area contributed by atoms with Crippen LogP contribution >= 0.6 is 0 Å². The number of carbonyl (C=O) groups is 2. The van der Waals surface area contributed by atoms with Gasteiger partial charge in [-0.1, -0.05) is 30.3 Å². The minimum atomic E-state index is -1.46. The molecule has 0 N–H and O–H groups in total. The Balaban J connectivity index is 1.89. The molecule has 0 bridgehead atoms. The van der Waals surface area contributed by atoms with Gasteiger partial charge in [0.25, 0.3) is 5.78 Å². The van der Waals surface area contributed by atoms with Gasteiger partial charge in [-0.05, 0) is 19.6 Å². The SMILES string of the molecule is C[Si](C)(C)OCCOCCOCCOCCOC(=O)C(=O)c1ccccc1. The molecular formula is C19H30O7Si. The molecular weight excluding hydrogens is 368 g/mol. The number of carbonyl (C=O) groups excluding carboxylic acids is 2. The average Bonchev–Trinajstić information content (AvgIpc) is 2.64. The first kappa shape index (κ1) is 23.5. The lowest BCUT2D eigenvalue weighted by atomic mass is 10.1. The summed E-state index contributed by atoms with van der Waals surface area (Å²) in [5, 5.41) is 0. The number of hydrogen-bond acceptors (Lipinski definition) is 7. The van der Waals surface area contributed by atoms with Gasteiger partial charge in [0.2, 0.25) is 0 Å². The Labute approximate surface area is 162 Å². The number of ether oxygens (including phenoxy) is 4. The second-order valence-corrected chi connectivity index (χ2v) is 11.1. The van der Waals surface area contributed by atoms with Gasteiger partial charge in [0, 0.05) is 5.56 Å². The fourth-order valence-corrected chi connectivity index (χ4v) is 2.61. The van der Waals surface area contributed by atoms with Crippen LogP contribution < -0.4 is 0 Å². The number of ketones is 1. The summed E-state index contributed by atoms with van der Waals surface area (Å²) in [5.41, 5.74) is 0.311. The molecule has 8 heteroatoms. The zero-order chi connectivity index (χ0) is 20.0. The molecule has 0 aliphatic rings. The Bertz CT molecular complexity index is 543. The fourth-order valence-electron chi connectivity index (χ4n) is 1.91. The molecule has 152 valence electrons. The first-order valence-electron chi connectivity index (χ1n) is 9.04. The molecule has 0 unspecified atom stereocenters. The van der Waals surface area contributed by atoms with Crippen LogP contribution in [0.1, 0.15) is 10.4 Å². The summed E-state index contributed by atoms with van der Waals surface area (Å²) in [7, 11) is -1.46. The van der Waals surface area contributed by atoms with Crippen LogP contribution in [0.3, 0.4) is 0 Å². The minimum absolute atomic E-state index is 0.0254. The van der Waals surface area contributed by atoms with Crippen molar-refractivity contribution in [2.75, 3.05) is 52.9 Å². The molecule has 0 spiro atoms. The number of esters is 1. The second-order valence-electron chi connectivity index (χ2n) is 6.63. The molecule has 0 aromatic heterocycles. The van der Waals surface area contributed by atoms with E-state index in [2.05, 4.69) is 19.6 Å². The number of rotatable bonds is 15. The molecule has 0 aliphatic carbocycles. The predicted octanol–water partition coefficient (Wildman–Crippen LogP) is 2.31. The van der Waals surface area contributed by atoms with Crippen LogP contribution in [0.15, 0.2) is 30.3 Å². The quantitative estimate of drug-likeness (QED) is 0.147. The molecule has 27 heavy (non-hydrogen) atoms. The Morgan fingerprint density at radius 3 is 1.74 bits per heavy atom. The maximum absolute atomic E-state index is 11.8. The van der Waals surface area contributed by atoms with E-state index in [0.29, 0.717) is 45.2 Å². The summed E-state index contributed by atoms with van der Waals surface area (Å²) >= 11 is 0. The second kappa shape index (κ2) is 13.6. The van der Waals surface area contributed by atoms with E-state index < -0.39 is 20.1 Å². The van der Waals surface area contributed by atoms with Crippen molar-refractivity contribution >= 4 is 20.1 Å². The highest BCUT2D eigenvalue weighted by atomic mass is 28.4. The van der Waals surface area contributed by atoms with E-state index in [1.165, 1.54) is 0 Å². The van der Waals surface area contributed by atoms with Crippen molar-refractivity contribution in [2.45, 2.75) is 19.6 Å². The van der Waals surface area contributed by atoms with Crippen molar-refractivity contribution in [3.63, 3.8) is 0 Å². The Morgan fingerprint density at radius 2 is 1.22 bits per heavy atom. The van der Waals surface area contributed by atoms with Crippen molar-refractivity contribution in [2.24, 2.45) is 0 Å². The Morgan fingerprint density at radius 1 is 0.741 bits per heavy atom. The third-order valence-corrected chi connectivity index (χ3v) is 4.26. The normalized spacial score (nSPS) is 11.4. The summed E-state index contributed by atoms with van der Waals surface area (Å²) < 4.78 is 26.6. The van der Waals surface area contributed by atoms with Gasteiger partial charge in [0.05, 0.1) is 46.2 Å². The maximum Gasteiger partial charge on any atom is 0.379 e. The highest BCUT2D eigenvalue weighted by Crippen LogP contribution is 2.02. The standard InChI is InChI=1S/C19H30O7Si/c1-27(2,3)26-16-14-24-12-10-22-9-11-23-13-15-25-19(21)18(20)17-7-5-4-6-8-17/h4-8H,9-16H2,1-3H3. The largest absolute Gasteiger partial charge is 0.457 e. The van der Waals surface area contributed by atoms with Crippen LogP contribution in [0.4, 0.5) is 0 Å². The van der Waals surface area contributed by atoms with Gasteiger partial charge in [-0.25, -0.2) is 4.79 Å². The fraction of sp³-hybridized carbons (Fsp3) is 0.579. The molecule has 0 saturated carbocycles. The van der Waals surface area contributed by atoms with Gasteiger partial charge in [-0.15, -0.1) is 0 Å². The smallest absolute Gasteiger partial charge is 0.379 e. The summed E-state index contributed by atoms with van der Waals surface area (Å²) in [5.74, 6) is -1.54. The number of benzene rings is 1. The van der Waals surface area contributed by atoms with E-state index >= 15 is 0 Å². The average molecular weight is 399 g/mol. The van der Waals surface area contributed by atoms with Crippen LogP contribution in [0.5, 0.6) is 0 Å². The van der Waals surface area contributed by atoms with Crippen molar-refractivity contribution in [3.8, 4) is 0 Å². The minimum Gasteiger partial charge on any atom is -0.457 e. The van der Waals surface area contributed by atoms with E-state index in [9.17, 15) is 9.59 Å². The topological polar surface area (TPSA) is 80.3 Å². The lowest BCUT2D eigenvalue weighted by Crippen LogP contribution is -2.27. The maximum atomic E-state index is 11.8. The zero-order valence-corrected chi connectivity index (χ0v) is 17.4. The van der Waals surface area contributed by atoms with Crippen LogP contribution in [0.25, 0.3) is 0 Å². The summed E-state index contributed by atoms with van der Waals surface area (Å²) in [6, 6.07) is 8.29. The summed E-state index contributed by atoms with van der Waals surface area (Å²) in [6.07, 6.45) is 0.